The van der Waals surface area contributed by atoms with Crippen molar-refractivity contribution < 1.29 is 4.74 Å². The van der Waals surface area contributed by atoms with E-state index in [4.69, 9.17) is 4.74 Å². The summed E-state index contributed by atoms with van der Waals surface area (Å²) in [5.41, 5.74) is 0. The second-order valence-corrected chi connectivity index (χ2v) is 2.76. The largest absolute Gasteiger partial charge is 0.383 e. The van der Waals surface area contributed by atoms with Crippen LogP contribution < -0.4 is 0 Å². The normalized spacial score (nSPS) is 18.4. The van der Waals surface area contributed by atoms with E-state index in [1.807, 2.05) is 0 Å². The van der Waals surface area contributed by atoms with Gasteiger partial charge in [0.25, 0.3) is 0 Å². The van der Waals surface area contributed by atoms with Crippen LogP contribution in [0.5, 0.6) is 0 Å². The Morgan fingerprint density at radius 1 is 1.64 bits per heavy atom. The average molecular weight is 156 g/mol. The molecule has 0 saturated carbocycles. The predicted octanol–water partition coefficient (Wildman–Crippen LogP) is 0.757. The summed E-state index contributed by atoms with van der Waals surface area (Å²) >= 11 is 0. The van der Waals surface area contributed by atoms with Gasteiger partial charge in [-0.2, -0.15) is 0 Å². The van der Waals surface area contributed by atoms with E-state index >= 15 is 0 Å². The van der Waals surface area contributed by atoms with E-state index in [0.717, 1.165) is 32.1 Å². The zero-order chi connectivity index (χ0) is 8.10. The zero-order valence-electron chi connectivity index (χ0n) is 7.34. The summed E-state index contributed by atoms with van der Waals surface area (Å²) in [5, 5.41) is 0. The number of hydrogen-bond donors (Lipinski definition) is 0. The Balaban J connectivity index is 2.31. The van der Waals surface area contributed by atoms with Crippen LogP contribution in [0.25, 0.3) is 0 Å². The maximum atomic E-state index is 5.00. The highest BCUT2D eigenvalue weighted by Gasteiger charge is 2.09. The Labute approximate surface area is 68.1 Å². The van der Waals surface area contributed by atoms with Crippen LogP contribution in [-0.4, -0.2) is 44.1 Å². The van der Waals surface area contributed by atoms with Gasteiger partial charge < -0.3 is 9.64 Å². The number of aliphatic imine (C=N–C) groups is 1. The highest BCUT2D eigenvalue weighted by atomic mass is 16.5. The molecule has 1 aliphatic rings. The molecule has 0 saturated heterocycles. The number of methoxy groups -OCH3 is 1. The van der Waals surface area contributed by atoms with E-state index in [2.05, 4.69) is 16.8 Å². The van der Waals surface area contributed by atoms with Crippen LogP contribution in [0.4, 0.5) is 0 Å². The van der Waals surface area contributed by atoms with E-state index in [-0.39, 0.29) is 0 Å². The molecule has 0 atom stereocenters. The number of ether oxygens (including phenoxy) is 1. The second-order valence-electron chi connectivity index (χ2n) is 2.76. The lowest BCUT2D eigenvalue weighted by atomic mass is 10.3. The Morgan fingerprint density at radius 2 is 2.45 bits per heavy atom. The highest BCUT2D eigenvalue weighted by Crippen LogP contribution is 2.01. The average Bonchev–Trinajstić information content (AvgIpc) is 2.03. The standard InChI is InChI=1S/C8H16N2O/c1-8-9-4-3-5-10(8)6-7-11-2/h3-7H2,1-2H3. The van der Waals surface area contributed by atoms with Gasteiger partial charge in [-0.1, -0.05) is 0 Å². The SMILES string of the molecule is COCCN1CCCN=C1C. The van der Waals surface area contributed by atoms with Gasteiger partial charge in [0.15, 0.2) is 0 Å². The lowest BCUT2D eigenvalue weighted by Crippen LogP contribution is -2.36. The first-order chi connectivity index (χ1) is 5.34. The Morgan fingerprint density at radius 3 is 3.09 bits per heavy atom. The molecule has 0 aromatic heterocycles. The molecule has 0 aliphatic carbocycles. The molecule has 11 heavy (non-hydrogen) atoms. The van der Waals surface area contributed by atoms with Crippen molar-refractivity contribution in [3.63, 3.8) is 0 Å². The summed E-state index contributed by atoms with van der Waals surface area (Å²) in [5.74, 6) is 1.16. The van der Waals surface area contributed by atoms with Crippen LogP contribution in [0.1, 0.15) is 13.3 Å². The van der Waals surface area contributed by atoms with E-state index in [0.29, 0.717) is 0 Å². The fraction of sp³-hybridized carbons (Fsp3) is 0.875. The summed E-state index contributed by atoms with van der Waals surface area (Å²) in [6, 6.07) is 0. The molecule has 0 aromatic carbocycles. The second kappa shape index (κ2) is 4.34. The van der Waals surface area contributed by atoms with Crippen molar-refractivity contribution in [2.75, 3.05) is 33.4 Å². The van der Waals surface area contributed by atoms with Crippen molar-refractivity contribution in [1.82, 2.24) is 4.90 Å². The molecule has 0 fully saturated rings. The fourth-order valence-corrected chi connectivity index (χ4v) is 1.24. The van der Waals surface area contributed by atoms with Crippen LogP contribution in [-0.2, 0) is 4.74 Å². The third-order valence-electron chi connectivity index (χ3n) is 1.95. The Hall–Kier alpha value is -0.570. The van der Waals surface area contributed by atoms with Gasteiger partial charge in [-0.05, 0) is 13.3 Å². The Kier molecular flexibility index (Phi) is 3.36. The summed E-state index contributed by atoms with van der Waals surface area (Å²) < 4.78 is 5.00. The molecule has 0 aromatic rings. The maximum Gasteiger partial charge on any atom is 0.0958 e. The minimum absolute atomic E-state index is 0.798. The lowest BCUT2D eigenvalue weighted by Gasteiger charge is -2.26. The summed E-state index contributed by atoms with van der Waals surface area (Å²) in [6.07, 6.45) is 1.18. The number of nitrogens with zero attached hydrogens (tertiary/aromatic N) is 2. The first-order valence-corrected chi connectivity index (χ1v) is 4.09. The third-order valence-corrected chi connectivity index (χ3v) is 1.95. The summed E-state index contributed by atoms with van der Waals surface area (Å²) in [6.45, 7) is 5.97. The Bertz CT molecular complexity index is 145. The molecule has 0 radical (unpaired) electrons. The van der Waals surface area contributed by atoms with Gasteiger partial charge in [0.2, 0.25) is 0 Å². The zero-order valence-corrected chi connectivity index (χ0v) is 7.34. The van der Waals surface area contributed by atoms with Crippen LogP contribution in [0.15, 0.2) is 4.99 Å². The minimum Gasteiger partial charge on any atom is -0.383 e. The first-order valence-electron chi connectivity index (χ1n) is 4.09. The van der Waals surface area contributed by atoms with Gasteiger partial charge in [0.05, 0.1) is 12.4 Å². The first kappa shape index (κ1) is 8.53. The smallest absolute Gasteiger partial charge is 0.0958 e. The van der Waals surface area contributed by atoms with Crippen molar-refractivity contribution in [2.24, 2.45) is 4.99 Å². The van der Waals surface area contributed by atoms with Gasteiger partial charge in [-0.25, -0.2) is 0 Å². The molecule has 0 amide bonds. The topological polar surface area (TPSA) is 24.8 Å². The quantitative estimate of drug-likeness (QED) is 0.602. The highest BCUT2D eigenvalue weighted by molar-refractivity contribution is 5.80. The summed E-state index contributed by atoms with van der Waals surface area (Å²) in [7, 11) is 1.73. The van der Waals surface area contributed by atoms with Gasteiger partial charge in [0.1, 0.15) is 0 Å². The molecular formula is C8H16N2O. The van der Waals surface area contributed by atoms with Crippen LogP contribution in [0, 0.1) is 0 Å². The van der Waals surface area contributed by atoms with Gasteiger partial charge in [0, 0.05) is 26.7 Å². The molecule has 3 nitrogen and oxygen atoms in total. The molecule has 0 spiro atoms. The number of hydrogen-bond acceptors (Lipinski definition) is 3. The molecule has 64 valence electrons. The third kappa shape index (κ3) is 2.50. The minimum atomic E-state index is 0.798. The van der Waals surface area contributed by atoms with Gasteiger partial charge in [-0.15, -0.1) is 0 Å². The molecule has 1 heterocycles. The van der Waals surface area contributed by atoms with Crippen LogP contribution >= 0.6 is 0 Å². The molecular weight excluding hydrogens is 140 g/mol. The number of rotatable bonds is 3. The van der Waals surface area contributed by atoms with Crippen molar-refractivity contribution in [3.05, 3.63) is 0 Å². The summed E-state index contributed by atoms with van der Waals surface area (Å²) in [4.78, 5) is 6.62. The molecule has 3 heteroatoms. The van der Waals surface area contributed by atoms with Crippen molar-refractivity contribution >= 4 is 5.84 Å². The van der Waals surface area contributed by atoms with E-state index in [1.165, 1.54) is 6.42 Å². The van der Waals surface area contributed by atoms with E-state index in [9.17, 15) is 0 Å². The van der Waals surface area contributed by atoms with E-state index < -0.39 is 0 Å². The molecule has 0 bridgehead atoms. The van der Waals surface area contributed by atoms with Crippen LogP contribution in [0.2, 0.25) is 0 Å². The van der Waals surface area contributed by atoms with Crippen molar-refractivity contribution in [3.8, 4) is 0 Å². The lowest BCUT2D eigenvalue weighted by molar-refractivity contribution is 0.174. The molecule has 1 aliphatic heterocycles. The predicted molar refractivity (Wildman–Crippen MR) is 46.0 cm³/mol. The molecule has 0 unspecified atom stereocenters. The molecule has 0 N–H and O–H groups in total. The maximum absolute atomic E-state index is 5.00. The fourth-order valence-electron chi connectivity index (χ4n) is 1.24. The van der Waals surface area contributed by atoms with Gasteiger partial charge in [-0.3, -0.25) is 4.99 Å². The van der Waals surface area contributed by atoms with Crippen molar-refractivity contribution in [1.29, 1.82) is 0 Å². The van der Waals surface area contributed by atoms with Gasteiger partial charge >= 0.3 is 0 Å². The van der Waals surface area contributed by atoms with Crippen LogP contribution in [0.3, 0.4) is 0 Å². The van der Waals surface area contributed by atoms with Crippen molar-refractivity contribution in [2.45, 2.75) is 13.3 Å². The molecule has 1 rings (SSSR count). The number of amidine groups is 1. The van der Waals surface area contributed by atoms with E-state index in [1.54, 1.807) is 7.11 Å². The monoisotopic (exact) mass is 156 g/mol.